The lowest BCUT2D eigenvalue weighted by atomic mass is 10.0. The fourth-order valence-corrected chi connectivity index (χ4v) is 7.64. The van der Waals surface area contributed by atoms with E-state index in [1.165, 1.54) is 0 Å². The normalized spacial score (nSPS) is 24.9. The van der Waals surface area contributed by atoms with Crippen LogP contribution in [0.2, 0.25) is 0 Å². The topological polar surface area (TPSA) is 95.5 Å². The number of H-pyrrole nitrogens is 1. The summed E-state index contributed by atoms with van der Waals surface area (Å²) in [5, 5.41) is 0. The molecule has 0 bridgehead atoms. The largest absolute Gasteiger partial charge is 0.335 e. The minimum Gasteiger partial charge on any atom is -0.335 e. The first-order valence-electron chi connectivity index (χ1n) is 11.8. The molecule has 9 heteroatoms. The first kappa shape index (κ1) is 21.7. The minimum absolute atomic E-state index is 0.0710. The molecule has 174 valence electrons. The van der Waals surface area contributed by atoms with Gasteiger partial charge in [0.05, 0.1) is 29.1 Å². The summed E-state index contributed by atoms with van der Waals surface area (Å²) < 4.78 is 26.0. The molecular weight excluding hydrogens is 428 g/mol. The van der Waals surface area contributed by atoms with E-state index in [1.807, 2.05) is 33.7 Å². The Morgan fingerprint density at radius 1 is 1.03 bits per heavy atom. The summed E-state index contributed by atoms with van der Waals surface area (Å²) in [5.74, 6) is 0.376. The van der Waals surface area contributed by atoms with Gasteiger partial charge < -0.3 is 9.88 Å². The Hall–Kier alpha value is -2.13. The molecule has 32 heavy (non-hydrogen) atoms. The third kappa shape index (κ3) is 4.24. The monoisotopic (exact) mass is 460 g/mol. The number of amides is 1. The molecule has 8 nitrogen and oxygen atoms in total. The highest BCUT2D eigenvalue weighted by Crippen LogP contribution is 2.30. The summed E-state index contributed by atoms with van der Waals surface area (Å²) in [4.78, 5) is 32.9. The Kier molecular flexibility index (Phi) is 5.88. The van der Waals surface area contributed by atoms with Crippen molar-refractivity contribution in [1.82, 2.24) is 19.4 Å². The number of nitrogens with one attached hydrogen (secondary N) is 1. The van der Waals surface area contributed by atoms with Gasteiger partial charge in [0.2, 0.25) is 5.91 Å². The Labute approximate surface area is 188 Å². The summed E-state index contributed by atoms with van der Waals surface area (Å²) in [7, 11) is -3.03. The van der Waals surface area contributed by atoms with E-state index in [0.717, 1.165) is 62.6 Å². The molecule has 3 aliphatic rings. The van der Waals surface area contributed by atoms with Gasteiger partial charge in [-0.1, -0.05) is 25.0 Å². The quantitative estimate of drug-likeness (QED) is 0.736. The van der Waals surface area contributed by atoms with Gasteiger partial charge in [-0.3, -0.25) is 14.3 Å². The number of para-hydroxylation sites is 2. The standard InChI is InChI=1S/C23H32N4O4S/c28-22(26(17-5-1-2-6-17)19-11-14-32(30,31)16-19)15-25-12-9-18(10-13-25)27-21-8-4-3-7-20(21)24-23(27)29/h3-4,7-8,17-19H,1-2,5-6,9-16H2,(H,24,29)/t19-/m0/s1. The molecule has 2 saturated heterocycles. The number of sulfone groups is 1. The van der Waals surface area contributed by atoms with Crippen LogP contribution in [0.1, 0.15) is 51.0 Å². The molecule has 1 aliphatic carbocycles. The van der Waals surface area contributed by atoms with Crippen LogP contribution in [0.25, 0.3) is 11.0 Å². The van der Waals surface area contributed by atoms with Gasteiger partial charge >= 0.3 is 5.69 Å². The number of rotatable bonds is 5. The second-order valence-electron chi connectivity index (χ2n) is 9.62. The average Bonchev–Trinajstić information content (AvgIpc) is 3.48. The second kappa shape index (κ2) is 8.67. The van der Waals surface area contributed by atoms with Crippen molar-refractivity contribution in [2.45, 2.75) is 63.1 Å². The summed E-state index contributed by atoms with van der Waals surface area (Å²) in [6, 6.07) is 7.89. The summed E-state index contributed by atoms with van der Waals surface area (Å²) in [5.41, 5.74) is 1.71. The number of carbonyl (C=O) groups is 1. The maximum atomic E-state index is 13.4. The molecule has 1 aromatic carbocycles. The van der Waals surface area contributed by atoms with Crippen LogP contribution in [0.4, 0.5) is 0 Å². The fourth-order valence-electron chi connectivity index (χ4n) is 5.93. The molecule has 1 amide bonds. The number of aromatic nitrogens is 2. The molecule has 0 unspecified atom stereocenters. The number of likely N-dealkylation sites (tertiary alicyclic amines) is 1. The van der Waals surface area contributed by atoms with Crippen molar-refractivity contribution in [3.05, 3.63) is 34.7 Å². The molecule has 2 aromatic rings. The van der Waals surface area contributed by atoms with Crippen molar-refractivity contribution in [3.63, 3.8) is 0 Å². The van der Waals surface area contributed by atoms with Crippen LogP contribution < -0.4 is 5.69 Å². The van der Waals surface area contributed by atoms with Gasteiger partial charge in [0, 0.05) is 31.2 Å². The zero-order valence-electron chi connectivity index (χ0n) is 18.4. The lowest BCUT2D eigenvalue weighted by molar-refractivity contribution is -0.137. The molecule has 5 rings (SSSR count). The second-order valence-corrected chi connectivity index (χ2v) is 11.8. The number of imidazole rings is 1. The Bertz CT molecular complexity index is 1140. The molecule has 3 fully saturated rings. The lowest BCUT2D eigenvalue weighted by Gasteiger charge is -2.37. The molecule has 1 saturated carbocycles. The van der Waals surface area contributed by atoms with Crippen molar-refractivity contribution >= 4 is 26.8 Å². The Morgan fingerprint density at radius 2 is 1.75 bits per heavy atom. The van der Waals surface area contributed by atoms with Crippen LogP contribution >= 0.6 is 0 Å². The van der Waals surface area contributed by atoms with E-state index in [1.54, 1.807) is 0 Å². The van der Waals surface area contributed by atoms with E-state index in [4.69, 9.17) is 0 Å². The molecular formula is C23H32N4O4S. The number of nitrogens with zero attached hydrogens (tertiary/aromatic N) is 3. The van der Waals surface area contributed by atoms with Gasteiger partial charge in [-0.05, 0) is 44.2 Å². The maximum absolute atomic E-state index is 13.4. The molecule has 3 heterocycles. The van der Waals surface area contributed by atoms with Crippen molar-refractivity contribution in [1.29, 1.82) is 0 Å². The van der Waals surface area contributed by atoms with Crippen LogP contribution in [-0.4, -0.2) is 76.9 Å². The van der Waals surface area contributed by atoms with E-state index in [2.05, 4.69) is 9.88 Å². The van der Waals surface area contributed by atoms with E-state index < -0.39 is 9.84 Å². The zero-order chi connectivity index (χ0) is 22.3. The summed E-state index contributed by atoms with van der Waals surface area (Å²) in [6.07, 6.45) is 6.38. The Morgan fingerprint density at radius 3 is 2.44 bits per heavy atom. The molecule has 1 aromatic heterocycles. The molecule has 0 radical (unpaired) electrons. The molecule has 0 spiro atoms. The number of carbonyl (C=O) groups excluding carboxylic acids is 1. The SMILES string of the molecule is O=C(CN1CCC(n2c(=O)[nH]c3ccccc32)CC1)N(C1CCCC1)[C@H]1CCS(=O)(=O)C1. The first-order valence-corrected chi connectivity index (χ1v) is 13.7. The van der Waals surface area contributed by atoms with Crippen molar-refractivity contribution in [2.24, 2.45) is 0 Å². The smallest absolute Gasteiger partial charge is 0.326 e. The predicted molar refractivity (Wildman–Crippen MR) is 123 cm³/mol. The number of fused-ring (bicyclic) bond motifs is 1. The highest BCUT2D eigenvalue weighted by atomic mass is 32.2. The van der Waals surface area contributed by atoms with E-state index in [-0.39, 0.29) is 41.2 Å². The van der Waals surface area contributed by atoms with Gasteiger partial charge in [0.1, 0.15) is 0 Å². The van der Waals surface area contributed by atoms with Crippen LogP contribution in [0.15, 0.2) is 29.1 Å². The minimum atomic E-state index is -3.03. The number of benzene rings is 1. The van der Waals surface area contributed by atoms with Crippen LogP contribution in [-0.2, 0) is 14.6 Å². The molecule has 2 aliphatic heterocycles. The average molecular weight is 461 g/mol. The summed E-state index contributed by atoms with van der Waals surface area (Å²) >= 11 is 0. The van der Waals surface area contributed by atoms with Crippen molar-refractivity contribution in [3.8, 4) is 0 Å². The molecule has 1 atom stereocenters. The van der Waals surface area contributed by atoms with Gasteiger partial charge in [0.15, 0.2) is 9.84 Å². The third-order valence-electron chi connectivity index (χ3n) is 7.51. The van der Waals surface area contributed by atoms with E-state index in [0.29, 0.717) is 13.0 Å². The summed E-state index contributed by atoms with van der Waals surface area (Å²) in [6.45, 7) is 1.84. The van der Waals surface area contributed by atoms with E-state index >= 15 is 0 Å². The number of piperidine rings is 1. The third-order valence-corrected chi connectivity index (χ3v) is 9.26. The van der Waals surface area contributed by atoms with Crippen LogP contribution in [0, 0.1) is 0 Å². The number of hydrogen-bond acceptors (Lipinski definition) is 5. The van der Waals surface area contributed by atoms with Crippen LogP contribution in [0.3, 0.4) is 0 Å². The number of hydrogen-bond donors (Lipinski definition) is 1. The fraction of sp³-hybridized carbons (Fsp3) is 0.652. The van der Waals surface area contributed by atoms with Gasteiger partial charge in [0.25, 0.3) is 0 Å². The predicted octanol–water partition coefficient (Wildman–Crippen LogP) is 1.92. The molecule has 1 N–H and O–H groups in total. The Balaban J connectivity index is 1.25. The lowest BCUT2D eigenvalue weighted by Crippen LogP contribution is -2.51. The van der Waals surface area contributed by atoms with Gasteiger partial charge in [-0.15, -0.1) is 0 Å². The highest BCUT2D eigenvalue weighted by molar-refractivity contribution is 7.91. The first-order chi connectivity index (χ1) is 15.4. The highest BCUT2D eigenvalue weighted by Gasteiger charge is 2.39. The van der Waals surface area contributed by atoms with Gasteiger partial charge in [-0.25, -0.2) is 13.2 Å². The van der Waals surface area contributed by atoms with Crippen molar-refractivity contribution < 1.29 is 13.2 Å². The maximum Gasteiger partial charge on any atom is 0.326 e. The van der Waals surface area contributed by atoms with E-state index in [9.17, 15) is 18.0 Å². The van der Waals surface area contributed by atoms with Gasteiger partial charge in [-0.2, -0.15) is 0 Å². The van der Waals surface area contributed by atoms with Crippen molar-refractivity contribution in [2.75, 3.05) is 31.1 Å². The number of aromatic amines is 1. The van der Waals surface area contributed by atoms with Crippen LogP contribution in [0.5, 0.6) is 0 Å². The zero-order valence-corrected chi connectivity index (χ0v) is 19.2.